The maximum absolute atomic E-state index is 13.2. The number of nitrogens with zero attached hydrogens (tertiary/aromatic N) is 2. The van der Waals surface area contributed by atoms with Gasteiger partial charge in [-0.3, -0.25) is 4.57 Å². The lowest BCUT2D eigenvalue weighted by Gasteiger charge is -2.05. The topological polar surface area (TPSA) is 39.0 Å². The highest BCUT2D eigenvalue weighted by atomic mass is 35.5. The van der Waals surface area contributed by atoms with E-state index in [0.29, 0.717) is 10.1 Å². The summed E-state index contributed by atoms with van der Waals surface area (Å²) in [7, 11) is 1.82. The Balaban J connectivity index is 0.00000192. The fraction of sp³-hybridized carbons (Fsp3) is 0.188. The van der Waals surface area contributed by atoms with Crippen molar-refractivity contribution in [2.24, 2.45) is 0 Å². The van der Waals surface area contributed by atoms with Crippen molar-refractivity contribution in [1.29, 1.82) is 0 Å². The molecule has 2 aromatic carbocycles. The van der Waals surface area contributed by atoms with Crippen molar-refractivity contribution in [3.63, 3.8) is 0 Å². The molecule has 7 heteroatoms. The van der Waals surface area contributed by atoms with Gasteiger partial charge < -0.3 is 5.32 Å². The van der Waals surface area contributed by atoms with E-state index in [0.717, 1.165) is 11.3 Å². The Morgan fingerprint density at radius 3 is 2.22 bits per heavy atom. The van der Waals surface area contributed by atoms with Crippen LogP contribution in [-0.4, -0.2) is 16.2 Å². The number of hydrogen-bond donors (Lipinski definition) is 1. The summed E-state index contributed by atoms with van der Waals surface area (Å²) in [6, 6.07) is 14.1. The fourth-order valence-electron chi connectivity index (χ4n) is 2.53. The van der Waals surface area contributed by atoms with Gasteiger partial charge in [0.15, 0.2) is 0 Å². The summed E-state index contributed by atoms with van der Waals surface area (Å²) in [6.45, 7) is -2.60. The Kier molecular flexibility index (Phi) is 5.05. The molecule has 0 aliphatic rings. The first-order chi connectivity index (χ1) is 10.6. The zero-order chi connectivity index (χ0) is 15.7. The fourth-order valence-corrected chi connectivity index (χ4v) is 2.53. The van der Waals surface area contributed by atoms with Crippen LogP contribution in [0.15, 0.2) is 53.3 Å². The molecule has 1 N–H and O–H groups in total. The van der Waals surface area contributed by atoms with Crippen molar-refractivity contribution < 1.29 is 8.78 Å². The molecular formula is C16H16ClF2N3O. The third kappa shape index (κ3) is 3.07. The van der Waals surface area contributed by atoms with Crippen LogP contribution in [0.4, 0.5) is 14.5 Å². The Morgan fingerprint density at radius 1 is 1.04 bits per heavy atom. The Labute approximate surface area is 137 Å². The molecule has 0 spiro atoms. The average Bonchev–Trinajstić information content (AvgIpc) is 2.81. The molecule has 0 aliphatic carbocycles. The highest BCUT2D eigenvalue weighted by Crippen LogP contribution is 2.20. The number of imidazole rings is 1. The maximum Gasteiger partial charge on any atom is 0.333 e. The van der Waals surface area contributed by atoms with Crippen LogP contribution >= 0.6 is 12.4 Å². The molecule has 0 atom stereocenters. The normalized spacial score (nSPS) is 10.8. The zero-order valence-corrected chi connectivity index (χ0v) is 13.2. The van der Waals surface area contributed by atoms with Gasteiger partial charge in [-0.1, -0.05) is 24.3 Å². The van der Waals surface area contributed by atoms with Gasteiger partial charge in [0.1, 0.15) is 0 Å². The Bertz CT molecular complexity index is 856. The van der Waals surface area contributed by atoms with Crippen LogP contribution in [0.3, 0.4) is 0 Å². The number of alkyl halides is 2. The summed E-state index contributed by atoms with van der Waals surface area (Å²) in [6.07, 6.45) is 0. The first-order valence-electron chi connectivity index (χ1n) is 6.86. The highest BCUT2D eigenvalue weighted by Gasteiger charge is 2.18. The zero-order valence-electron chi connectivity index (χ0n) is 12.4. The Hall–Kier alpha value is -2.34. The molecule has 122 valence electrons. The van der Waals surface area contributed by atoms with E-state index in [4.69, 9.17) is 0 Å². The van der Waals surface area contributed by atoms with Crippen LogP contribution in [0.25, 0.3) is 11.0 Å². The van der Waals surface area contributed by atoms with E-state index in [-0.39, 0.29) is 24.5 Å². The number of fused-ring (bicyclic) bond motifs is 1. The lowest BCUT2D eigenvalue weighted by atomic mass is 10.2. The van der Waals surface area contributed by atoms with E-state index >= 15 is 0 Å². The van der Waals surface area contributed by atoms with Gasteiger partial charge in [-0.2, -0.15) is 8.78 Å². The summed E-state index contributed by atoms with van der Waals surface area (Å²) >= 11 is 0. The molecule has 0 fully saturated rings. The molecule has 0 unspecified atom stereocenters. The van der Waals surface area contributed by atoms with E-state index in [2.05, 4.69) is 5.32 Å². The molecule has 1 aromatic heterocycles. The molecule has 0 saturated heterocycles. The van der Waals surface area contributed by atoms with Crippen molar-refractivity contribution in [3.05, 3.63) is 64.6 Å². The van der Waals surface area contributed by atoms with Gasteiger partial charge >= 0.3 is 12.2 Å². The van der Waals surface area contributed by atoms with Crippen LogP contribution in [0, 0.1) is 0 Å². The van der Waals surface area contributed by atoms with Crippen LogP contribution in [0.5, 0.6) is 0 Å². The van der Waals surface area contributed by atoms with E-state index in [1.165, 1.54) is 10.6 Å². The van der Waals surface area contributed by atoms with E-state index in [1.54, 1.807) is 18.2 Å². The molecular weight excluding hydrogens is 324 g/mol. The lowest BCUT2D eigenvalue weighted by molar-refractivity contribution is 0.0704. The van der Waals surface area contributed by atoms with Gasteiger partial charge in [0.25, 0.3) is 0 Å². The number of benzene rings is 2. The first kappa shape index (κ1) is 17.0. The van der Waals surface area contributed by atoms with Crippen molar-refractivity contribution in [1.82, 2.24) is 9.13 Å². The molecule has 1 heterocycles. The smallest absolute Gasteiger partial charge is 0.333 e. The maximum atomic E-state index is 13.2. The van der Waals surface area contributed by atoms with Gasteiger partial charge in [0.05, 0.1) is 17.6 Å². The standard InChI is InChI=1S/C16H15F2N3O.ClH/c1-19-12-8-6-11(7-9-12)10-20-13-4-2-3-5-14(13)21(15(17)18)16(20)22;/h2-9,15,19H,10H2,1H3;1H. The Morgan fingerprint density at radius 2 is 1.65 bits per heavy atom. The van der Waals surface area contributed by atoms with Crippen molar-refractivity contribution in [2.75, 3.05) is 12.4 Å². The summed E-state index contributed by atoms with van der Waals surface area (Å²) in [5, 5.41) is 3.01. The van der Waals surface area contributed by atoms with Crippen LogP contribution in [0.2, 0.25) is 0 Å². The molecule has 0 bridgehead atoms. The monoisotopic (exact) mass is 339 g/mol. The lowest BCUT2D eigenvalue weighted by Crippen LogP contribution is -2.25. The molecule has 0 amide bonds. The molecule has 0 saturated carbocycles. The minimum Gasteiger partial charge on any atom is -0.388 e. The van der Waals surface area contributed by atoms with Crippen molar-refractivity contribution >= 4 is 29.1 Å². The van der Waals surface area contributed by atoms with Gasteiger partial charge in [-0.25, -0.2) is 9.36 Å². The summed E-state index contributed by atoms with van der Waals surface area (Å²) in [5.41, 5.74) is 1.87. The summed E-state index contributed by atoms with van der Waals surface area (Å²) in [4.78, 5) is 12.3. The number of halogens is 3. The second-order valence-corrected chi connectivity index (χ2v) is 4.95. The minimum absolute atomic E-state index is 0. The van der Waals surface area contributed by atoms with Crippen LogP contribution in [-0.2, 0) is 6.54 Å². The molecule has 4 nitrogen and oxygen atoms in total. The van der Waals surface area contributed by atoms with Gasteiger partial charge in [0.2, 0.25) is 0 Å². The second-order valence-electron chi connectivity index (χ2n) is 4.95. The third-order valence-corrected chi connectivity index (χ3v) is 3.65. The summed E-state index contributed by atoms with van der Waals surface area (Å²) in [5.74, 6) is 0. The SMILES string of the molecule is CNc1ccc(Cn2c(=O)n(C(F)F)c3ccccc32)cc1.Cl. The average molecular weight is 340 g/mol. The molecule has 3 aromatic rings. The highest BCUT2D eigenvalue weighted by molar-refractivity contribution is 5.85. The molecule has 3 rings (SSSR count). The molecule has 0 radical (unpaired) electrons. The van der Waals surface area contributed by atoms with Gasteiger partial charge in [-0.15, -0.1) is 12.4 Å². The number of hydrogen-bond acceptors (Lipinski definition) is 2. The predicted molar refractivity (Wildman–Crippen MR) is 89.8 cm³/mol. The van der Waals surface area contributed by atoms with E-state index in [1.807, 2.05) is 31.3 Å². The summed E-state index contributed by atoms with van der Waals surface area (Å²) < 4.78 is 28.2. The number of anilines is 1. The quantitative estimate of drug-likeness (QED) is 0.787. The molecule has 0 aliphatic heterocycles. The number of nitrogens with one attached hydrogen (secondary N) is 1. The largest absolute Gasteiger partial charge is 0.388 e. The van der Waals surface area contributed by atoms with Crippen molar-refractivity contribution in [3.8, 4) is 0 Å². The number of para-hydroxylation sites is 2. The molecule has 23 heavy (non-hydrogen) atoms. The predicted octanol–water partition coefficient (Wildman–Crippen LogP) is 3.71. The number of rotatable bonds is 4. The van der Waals surface area contributed by atoms with Crippen LogP contribution < -0.4 is 11.0 Å². The van der Waals surface area contributed by atoms with Gasteiger partial charge in [-0.05, 0) is 29.8 Å². The van der Waals surface area contributed by atoms with E-state index < -0.39 is 12.2 Å². The van der Waals surface area contributed by atoms with Gasteiger partial charge in [0, 0.05) is 12.7 Å². The van der Waals surface area contributed by atoms with Crippen LogP contribution in [0.1, 0.15) is 12.1 Å². The minimum atomic E-state index is -2.86. The second kappa shape index (κ2) is 6.83. The third-order valence-electron chi connectivity index (χ3n) is 3.65. The number of aromatic nitrogens is 2. The first-order valence-corrected chi connectivity index (χ1v) is 6.86. The van der Waals surface area contributed by atoms with E-state index in [9.17, 15) is 13.6 Å². The van der Waals surface area contributed by atoms with Crippen molar-refractivity contribution in [2.45, 2.75) is 13.1 Å².